The molecule has 1 saturated heterocycles. The maximum absolute atomic E-state index is 12.8. The van der Waals surface area contributed by atoms with Crippen LogP contribution in [0, 0.1) is 5.92 Å². The minimum Gasteiger partial charge on any atom is -0.314 e. The van der Waals surface area contributed by atoms with Gasteiger partial charge in [-0.15, -0.1) is 0 Å². The molecule has 1 aliphatic heterocycles. The Kier molecular flexibility index (Phi) is 1.75. The first-order valence-electron chi connectivity index (χ1n) is 4.48. The van der Waals surface area contributed by atoms with E-state index in [-0.39, 0.29) is 6.54 Å². The van der Waals surface area contributed by atoms with Crippen LogP contribution in [0.2, 0.25) is 0 Å². The van der Waals surface area contributed by atoms with Crippen molar-refractivity contribution in [3.8, 4) is 0 Å². The maximum atomic E-state index is 12.8. The molecule has 0 amide bonds. The zero-order chi connectivity index (χ0) is 10.8. The van der Waals surface area contributed by atoms with Crippen LogP contribution in [0.3, 0.4) is 0 Å². The highest BCUT2D eigenvalue weighted by Crippen LogP contribution is 2.68. The van der Waals surface area contributed by atoms with Gasteiger partial charge in [-0.2, -0.15) is 17.6 Å². The number of halogens is 4. The quantitative estimate of drug-likeness (QED) is 0.655. The Bertz CT molecular complexity index is 252. The van der Waals surface area contributed by atoms with Gasteiger partial charge in [0.15, 0.2) is 5.54 Å². The summed E-state index contributed by atoms with van der Waals surface area (Å²) in [7, 11) is 1.71. The normalized spacial score (nSPS) is 38.6. The van der Waals surface area contributed by atoms with Gasteiger partial charge in [-0.25, -0.2) is 0 Å². The van der Waals surface area contributed by atoms with E-state index >= 15 is 0 Å². The van der Waals surface area contributed by atoms with Gasteiger partial charge in [0.05, 0.1) is 0 Å². The average Bonchev–Trinajstić information content (AvgIpc) is 2.43. The van der Waals surface area contributed by atoms with Gasteiger partial charge in [-0.1, -0.05) is 0 Å². The predicted molar refractivity (Wildman–Crippen MR) is 42.4 cm³/mol. The van der Waals surface area contributed by atoms with E-state index in [0.717, 1.165) is 0 Å². The molecule has 0 aromatic carbocycles. The van der Waals surface area contributed by atoms with Gasteiger partial charge in [-0.05, 0) is 20.0 Å². The van der Waals surface area contributed by atoms with Crippen molar-refractivity contribution < 1.29 is 17.6 Å². The summed E-state index contributed by atoms with van der Waals surface area (Å²) in [4.78, 5) is 1.74. The molecule has 1 saturated carbocycles. The van der Waals surface area contributed by atoms with E-state index in [0.29, 0.717) is 13.0 Å². The Labute approximate surface area is 79.0 Å². The molecule has 2 rings (SSSR count). The first-order chi connectivity index (χ1) is 6.25. The van der Waals surface area contributed by atoms with Crippen LogP contribution in [-0.4, -0.2) is 42.4 Å². The Balaban J connectivity index is 2.20. The lowest BCUT2D eigenvalue weighted by Gasteiger charge is -2.17. The summed E-state index contributed by atoms with van der Waals surface area (Å²) in [5, 5.41) is 0. The van der Waals surface area contributed by atoms with E-state index in [1.807, 2.05) is 0 Å². The molecule has 0 bridgehead atoms. The largest absolute Gasteiger partial charge is 0.336 e. The molecule has 1 unspecified atom stereocenters. The molecule has 0 spiro atoms. The maximum Gasteiger partial charge on any atom is 0.336 e. The first-order valence-corrected chi connectivity index (χ1v) is 4.48. The molecule has 0 radical (unpaired) electrons. The fourth-order valence-electron chi connectivity index (χ4n) is 2.28. The van der Waals surface area contributed by atoms with Crippen molar-refractivity contribution in [3.63, 3.8) is 0 Å². The lowest BCUT2D eigenvalue weighted by atomic mass is 9.96. The third-order valence-electron chi connectivity index (χ3n) is 3.41. The molecule has 6 heteroatoms. The number of hydrogen-bond acceptors (Lipinski definition) is 2. The van der Waals surface area contributed by atoms with Crippen LogP contribution in [-0.2, 0) is 0 Å². The van der Waals surface area contributed by atoms with Crippen LogP contribution < -0.4 is 5.73 Å². The lowest BCUT2D eigenvalue weighted by molar-refractivity contribution is -0.0278. The van der Waals surface area contributed by atoms with Gasteiger partial charge >= 0.3 is 11.8 Å². The van der Waals surface area contributed by atoms with Gasteiger partial charge < -0.3 is 10.6 Å². The Hall–Kier alpha value is -0.360. The zero-order valence-electron chi connectivity index (χ0n) is 7.74. The van der Waals surface area contributed by atoms with E-state index in [9.17, 15) is 17.6 Å². The van der Waals surface area contributed by atoms with E-state index in [2.05, 4.69) is 0 Å². The van der Waals surface area contributed by atoms with Crippen molar-refractivity contribution in [2.24, 2.45) is 11.7 Å². The zero-order valence-corrected chi connectivity index (χ0v) is 7.74. The Morgan fingerprint density at radius 1 is 1.21 bits per heavy atom. The Morgan fingerprint density at radius 3 is 2.00 bits per heavy atom. The van der Waals surface area contributed by atoms with E-state index in [1.165, 1.54) is 0 Å². The van der Waals surface area contributed by atoms with Crippen LogP contribution >= 0.6 is 0 Å². The molecule has 2 aliphatic rings. The SMILES string of the molecule is CN1CCC(C2(N)C(F)(F)C2(F)F)C1. The second-order valence-corrected chi connectivity index (χ2v) is 4.27. The van der Waals surface area contributed by atoms with Crippen molar-refractivity contribution in [2.45, 2.75) is 23.8 Å². The third-order valence-corrected chi connectivity index (χ3v) is 3.41. The molecule has 14 heavy (non-hydrogen) atoms. The number of rotatable bonds is 1. The van der Waals surface area contributed by atoms with Gasteiger partial charge in [0, 0.05) is 12.5 Å². The second kappa shape index (κ2) is 2.41. The average molecular weight is 212 g/mol. The van der Waals surface area contributed by atoms with Crippen molar-refractivity contribution in [3.05, 3.63) is 0 Å². The van der Waals surface area contributed by atoms with Gasteiger partial charge in [0.25, 0.3) is 0 Å². The molecule has 1 heterocycles. The third kappa shape index (κ3) is 0.839. The number of nitrogens with zero attached hydrogens (tertiary/aromatic N) is 1. The summed E-state index contributed by atoms with van der Waals surface area (Å²) in [6.07, 6.45) is 0.318. The van der Waals surface area contributed by atoms with E-state index in [1.54, 1.807) is 11.9 Å². The molecule has 1 aliphatic carbocycles. The van der Waals surface area contributed by atoms with E-state index < -0.39 is 23.3 Å². The smallest absolute Gasteiger partial charge is 0.314 e. The van der Waals surface area contributed by atoms with Crippen LogP contribution in [0.1, 0.15) is 6.42 Å². The van der Waals surface area contributed by atoms with Crippen LogP contribution in [0.5, 0.6) is 0 Å². The number of likely N-dealkylation sites (tertiary alicyclic amines) is 1. The van der Waals surface area contributed by atoms with Gasteiger partial charge in [-0.3, -0.25) is 0 Å². The highest BCUT2D eigenvalue weighted by molar-refractivity contribution is 5.34. The highest BCUT2D eigenvalue weighted by atomic mass is 19.3. The highest BCUT2D eigenvalue weighted by Gasteiger charge is 2.96. The minimum absolute atomic E-state index is 0.224. The second-order valence-electron chi connectivity index (χ2n) is 4.27. The van der Waals surface area contributed by atoms with Gasteiger partial charge in [0.2, 0.25) is 0 Å². The fourth-order valence-corrected chi connectivity index (χ4v) is 2.28. The van der Waals surface area contributed by atoms with Crippen LogP contribution in [0.25, 0.3) is 0 Å². The molecule has 0 aromatic heterocycles. The molecule has 2 fully saturated rings. The molecule has 1 atom stereocenters. The summed E-state index contributed by atoms with van der Waals surface area (Å²) >= 11 is 0. The standard InChI is InChI=1S/C8H12F4N2/c1-14-3-2-5(4-14)6(13)7(9,10)8(6,11)12/h5H,2-4,13H2,1H3. The number of nitrogens with two attached hydrogens (primary N) is 1. The van der Waals surface area contributed by atoms with Crippen molar-refractivity contribution in [1.82, 2.24) is 4.90 Å². The van der Waals surface area contributed by atoms with Gasteiger partial charge in [0.1, 0.15) is 0 Å². The molecule has 2 nitrogen and oxygen atoms in total. The molecule has 82 valence electrons. The summed E-state index contributed by atoms with van der Waals surface area (Å²) < 4.78 is 51.4. The minimum atomic E-state index is -4.03. The van der Waals surface area contributed by atoms with E-state index in [4.69, 9.17) is 5.73 Å². The van der Waals surface area contributed by atoms with Crippen molar-refractivity contribution in [1.29, 1.82) is 0 Å². The molecule has 0 aromatic rings. The fraction of sp³-hybridized carbons (Fsp3) is 1.00. The molecule has 2 N–H and O–H groups in total. The first kappa shape index (κ1) is 10.2. The van der Waals surface area contributed by atoms with Crippen molar-refractivity contribution >= 4 is 0 Å². The topological polar surface area (TPSA) is 29.3 Å². The van der Waals surface area contributed by atoms with Crippen LogP contribution in [0.15, 0.2) is 0 Å². The molecular weight excluding hydrogens is 200 g/mol. The summed E-state index contributed by atoms with van der Waals surface area (Å²) in [5.74, 6) is -8.87. The monoisotopic (exact) mass is 212 g/mol. The Morgan fingerprint density at radius 2 is 1.71 bits per heavy atom. The van der Waals surface area contributed by atoms with Crippen LogP contribution in [0.4, 0.5) is 17.6 Å². The summed E-state index contributed by atoms with van der Waals surface area (Å²) in [5.41, 5.74) is 2.54. The summed E-state index contributed by atoms with van der Waals surface area (Å²) in [6.45, 7) is 0.775. The predicted octanol–water partition coefficient (Wildman–Crippen LogP) is 0.920. The van der Waals surface area contributed by atoms with Crippen molar-refractivity contribution in [2.75, 3.05) is 20.1 Å². The number of hydrogen-bond donors (Lipinski definition) is 1. The molecular formula is C8H12F4N2. The lowest BCUT2D eigenvalue weighted by Crippen LogP contribution is -2.42. The summed E-state index contributed by atoms with van der Waals surface area (Å²) in [6, 6.07) is 0. The number of alkyl halides is 4.